The molecule has 0 saturated heterocycles. The number of benzene rings is 1. The summed E-state index contributed by atoms with van der Waals surface area (Å²) >= 11 is 0. The number of nitrogens with zero attached hydrogens (tertiary/aromatic N) is 1. The van der Waals surface area contributed by atoms with Crippen LogP contribution in [0.2, 0.25) is 0 Å². The molecule has 0 fully saturated rings. The lowest BCUT2D eigenvalue weighted by Gasteiger charge is -2.07. The molecule has 0 saturated carbocycles. The third-order valence-electron chi connectivity index (χ3n) is 2.30. The number of halogens is 3. The van der Waals surface area contributed by atoms with Crippen molar-refractivity contribution < 1.29 is 22.4 Å². The molecule has 1 aromatic heterocycles. The van der Waals surface area contributed by atoms with Crippen molar-refractivity contribution in [3.8, 4) is 0 Å². The van der Waals surface area contributed by atoms with Gasteiger partial charge in [-0.05, 0) is 11.6 Å². The van der Waals surface area contributed by atoms with Crippen molar-refractivity contribution in [2.24, 2.45) is 0 Å². The Bertz CT molecular complexity index is 560. The molecule has 18 heavy (non-hydrogen) atoms. The second-order valence-electron chi connectivity index (χ2n) is 3.65. The van der Waals surface area contributed by atoms with E-state index in [4.69, 9.17) is 4.42 Å². The van der Waals surface area contributed by atoms with Crippen molar-refractivity contribution in [1.82, 2.24) is 4.98 Å². The van der Waals surface area contributed by atoms with Crippen molar-refractivity contribution in [1.29, 1.82) is 0 Å². The number of rotatable bonds is 3. The Morgan fingerprint density at radius 3 is 2.72 bits per heavy atom. The summed E-state index contributed by atoms with van der Waals surface area (Å²) in [6.07, 6.45) is -2.54. The molecule has 0 N–H and O–H groups in total. The number of hydrogen-bond acceptors (Lipinski definition) is 3. The van der Waals surface area contributed by atoms with Gasteiger partial charge in [-0.3, -0.25) is 4.79 Å². The van der Waals surface area contributed by atoms with Crippen LogP contribution in [0.1, 0.15) is 27.6 Å². The molecular formula is C12H8F3NO2. The van der Waals surface area contributed by atoms with Crippen LogP contribution in [0, 0.1) is 0 Å². The fraction of sp³-hybridized carbons (Fsp3) is 0.167. The number of aromatic nitrogens is 1. The van der Waals surface area contributed by atoms with Gasteiger partial charge in [-0.1, -0.05) is 18.2 Å². The summed E-state index contributed by atoms with van der Waals surface area (Å²) in [6, 6.07) is 4.89. The molecule has 0 atom stereocenters. The summed E-state index contributed by atoms with van der Waals surface area (Å²) in [7, 11) is 0. The van der Waals surface area contributed by atoms with Crippen molar-refractivity contribution in [2.45, 2.75) is 12.6 Å². The Balaban J connectivity index is 2.21. The van der Waals surface area contributed by atoms with Gasteiger partial charge in [0.25, 0.3) is 0 Å². The predicted molar refractivity (Wildman–Crippen MR) is 56.1 cm³/mol. The van der Waals surface area contributed by atoms with E-state index in [-0.39, 0.29) is 18.1 Å². The van der Waals surface area contributed by atoms with Crippen LogP contribution in [0.15, 0.2) is 34.9 Å². The highest BCUT2D eigenvalue weighted by Crippen LogP contribution is 2.29. The minimum absolute atomic E-state index is 0.0528. The van der Waals surface area contributed by atoms with Gasteiger partial charge in [-0.25, -0.2) is 4.98 Å². The molecule has 94 valence electrons. The molecule has 2 rings (SSSR count). The monoisotopic (exact) mass is 255 g/mol. The molecule has 0 spiro atoms. The van der Waals surface area contributed by atoms with Crippen LogP contribution in [0.5, 0.6) is 0 Å². The highest BCUT2D eigenvalue weighted by Gasteiger charge is 2.30. The fourth-order valence-electron chi connectivity index (χ4n) is 1.49. The minimum Gasteiger partial charge on any atom is -0.438 e. The molecule has 3 nitrogen and oxygen atoms in total. The zero-order chi connectivity index (χ0) is 13.2. The van der Waals surface area contributed by atoms with E-state index in [1.807, 2.05) is 0 Å². The molecule has 6 heteroatoms. The minimum atomic E-state index is -4.37. The Morgan fingerprint density at radius 2 is 2.11 bits per heavy atom. The molecule has 0 amide bonds. The first-order valence-electron chi connectivity index (χ1n) is 5.05. The van der Waals surface area contributed by atoms with E-state index in [9.17, 15) is 18.0 Å². The molecule has 0 aliphatic rings. The molecule has 0 radical (unpaired) electrons. The Kier molecular flexibility index (Phi) is 3.18. The van der Waals surface area contributed by atoms with E-state index in [1.54, 1.807) is 6.07 Å². The summed E-state index contributed by atoms with van der Waals surface area (Å²) in [5.41, 5.74) is -0.300. The lowest BCUT2D eigenvalue weighted by atomic mass is 10.1. The van der Waals surface area contributed by atoms with Gasteiger partial charge in [0.05, 0.1) is 11.8 Å². The van der Waals surface area contributed by atoms with Gasteiger partial charge < -0.3 is 4.42 Å². The van der Waals surface area contributed by atoms with Gasteiger partial charge in [0, 0.05) is 6.42 Å². The molecule has 0 aliphatic heterocycles. The van der Waals surface area contributed by atoms with E-state index in [0.29, 0.717) is 11.8 Å². The zero-order valence-corrected chi connectivity index (χ0v) is 9.07. The van der Waals surface area contributed by atoms with Crippen LogP contribution in [0.4, 0.5) is 13.2 Å². The molecule has 1 heterocycles. The third-order valence-corrected chi connectivity index (χ3v) is 2.30. The SMILES string of the molecule is O=Cc1cnc(Cc2cccc(C(F)(F)F)c2)o1. The maximum absolute atomic E-state index is 12.5. The van der Waals surface area contributed by atoms with E-state index >= 15 is 0 Å². The molecule has 0 unspecified atom stereocenters. The summed E-state index contributed by atoms with van der Waals surface area (Å²) in [5.74, 6) is 0.258. The molecular weight excluding hydrogens is 247 g/mol. The first-order chi connectivity index (χ1) is 8.49. The highest BCUT2D eigenvalue weighted by molar-refractivity contribution is 5.69. The van der Waals surface area contributed by atoms with Crippen LogP contribution in [-0.2, 0) is 12.6 Å². The number of aldehydes is 1. The average molecular weight is 255 g/mol. The van der Waals surface area contributed by atoms with Gasteiger partial charge in [0.2, 0.25) is 0 Å². The largest absolute Gasteiger partial charge is 0.438 e. The Labute approximate surface area is 100 Å². The Morgan fingerprint density at radius 1 is 1.33 bits per heavy atom. The van der Waals surface area contributed by atoms with E-state index in [2.05, 4.69) is 4.98 Å². The normalized spacial score (nSPS) is 11.5. The van der Waals surface area contributed by atoms with E-state index in [0.717, 1.165) is 12.1 Å². The standard InChI is InChI=1S/C12H8F3NO2/c13-12(14,15)9-3-1-2-8(4-9)5-11-16-6-10(7-17)18-11/h1-4,6-7H,5H2. The fourth-order valence-corrected chi connectivity index (χ4v) is 1.49. The van der Waals surface area contributed by atoms with Crippen LogP contribution in [0.3, 0.4) is 0 Å². The van der Waals surface area contributed by atoms with Crippen LogP contribution in [0.25, 0.3) is 0 Å². The van der Waals surface area contributed by atoms with Gasteiger partial charge >= 0.3 is 6.18 Å². The maximum atomic E-state index is 12.5. The van der Waals surface area contributed by atoms with Gasteiger partial charge in [-0.2, -0.15) is 13.2 Å². The maximum Gasteiger partial charge on any atom is 0.416 e. The predicted octanol–water partition coefficient (Wildman–Crippen LogP) is 3.10. The topological polar surface area (TPSA) is 43.1 Å². The number of oxazole rings is 1. The smallest absolute Gasteiger partial charge is 0.416 e. The van der Waals surface area contributed by atoms with E-state index < -0.39 is 11.7 Å². The van der Waals surface area contributed by atoms with Crippen molar-refractivity contribution >= 4 is 6.29 Å². The highest BCUT2D eigenvalue weighted by atomic mass is 19.4. The first kappa shape index (κ1) is 12.3. The lowest BCUT2D eigenvalue weighted by molar-refractivity contribution is -0.137. The second kappa shape index (κ2) is 4.64. The van der Waals surface area contributed by atoms with Crippen molar-refractivity contribution in [2.75, 3.05) is 0 Å². The summed E-state index contributed by atoms with van der Waals surface area (Å²) in [6.45, 7) is 0. The molecule has 0 aliphatic carbocycles. The number of alkyl halides is 3. The summed E-state index contributed by atoms with van der Waals surface area (Å²) in [4.78, 5) is 14.2. The number of carbonyl (C=O) groups excluding carboxylic acids is 1. The Hall–Kier alpha value is -2.11. The molecule has 1 aromatic carbocycles. The van der Waals surface area contributed by atoms with Crippen LogP contribution >= 0.6 is 0 Å². The molecule has 0 bridgehead atoms. The quantitative estimate of drug-likeness (QED) is 0.791. The van der Waals surface area contributed by atoms with Crippen LogP contribution < -0.4 is 0 Å². The van der Waals surface area contributed by atoms with Crippen molar-refractivity contribution in [3.63, 3.8) is 0 Å². The first-order valence-corrected chi connectivity index (χ1v) is 5.05. The second-order valence-corrected chi connectivity index (χ2v) is 3.65. The number of hydrogen-bond donors (Lipinski definition) is 0. The van der Waals surface area contributed by atoms with Gasteiger partial charge in [-0.15, -0.1) is 0 Å². The van der Waals surface area contributed by atoms with Crippen molar-refractivity contribution in [3.05, 3.63) is 53.2 Å². The van der Waals surface area contributed by atoms with Gasteiger partial charge in [0.15, 0.2) is 17.9 Å². The van der Waals surface area contributed by atoms with Crippen LogP contribution in [-0.4, -0.2) is 11.3 Å². The molecule has 2 aromatic rings. The van der Waals surface area contributed by atoms with Gasteiger partial charge in [0.1, 0.15) is 0 Å². The third kappa shape index (κ3) is 2.77. The lowest BCUT2D eigenvalue weighted by Crippen LogP contribution is -2.05. The number of carbonyl (C=O) groups is 1. The zero-order valence-electron chi connectivity index (χ0n) is 9.07. The summed E-state index contributed by atoms with van der Waals surface area (Å²) < 4.78 is 42.4. The summed E-state index contributed by atoms with van der Waals surface area (Å²) in [5, 5.41) is 0. The van der Waals surface area contributed by atoms with E-state index in [1.165, 1.54) is 12.3 Å². The average Bonchev–Trinajstić information content (AvgIpc) is 2.76.